The lowest BCUT2D eigenvalue weighted by Crippen LogP contribution is -2.31. The molecule has 0 saturated heterocycles. The standard InChI is InChI=1S/C5H10FNO2/c1-9-5(8)4(7)2-3-6/h4H,2-3,7H2,1H3/t4-/m0/s1. The largest absolute Gasteiger partial charge is 0.468 e. The van der Waals surface area contributed by atoms with Crippen LogP contribution in [0.15, 0.2) is 0 Å². The third-order valence-electron chi connectivity index (χ3n) is 0.924. The third kappa shape index (κ3) is 3.03. The van der Waals surface area contributed by atoms with Gasteiger partial charge in [0.15, 0.2) is 0 Å². The molecule has 0 heterocycles. The summed E-state index contributed by atoms with van der Waals surface area (Å²) in [6.45, 7) is -0.587. The van der Waals surface area contributed by atoms with Gasteiger partial charge in [-0.05, 0) is 0 Å². The number of carbonyl (C=O) groups excluding carboxylic acids is 1. The number of hydrogen-bond donors (Lipinski definition) is 1. The van der Waals surface area contributed by atoms with Gasteiger partial charge >= 0.3 is 5.97 Å². The average molecular weight is 135 g/mol. The minimum Gasteiger partial charge on any atom is -0.468 e. The Balaban J connectivity index is 3.45. The highest BCUT2D eigenvalue weighted by atomic mass is 19.1. The van der Waals surface area contributed by atoms with E-state index < -0.39 is 18.7 Å². The first-order chi connectivity index (χ1) is 4.22. The van der Waals surface area contributed by atoms with Gasteiger partial charge < -0.3 is 10.5 Å². The van der Waals surface area contributed by atoms with Gasteiger partial charge in [0, 0.05) is 6.42 Å². The van der Waals surface area contributed by atoms with Crippen LogP contribution >= 0.6 is 0 Å². The number of nitrogens with two attached hydrogens (primary N) is 1. The molecule has 0 aliphatic heterocycles. The molecule has 54 valence electrons. The van der Waals surface area contributed by atoms with E-state index in [0.29, 0.717) is 0 Å². The number of hydrogen-bond acceptors (Lipinski definition) is 3. The van der Waals surface area contributed by atoms with Gasteiger partial charge in [-0.15, -0.1) is 0 Å². The maximum Gasteiger partial charge on any atom is 0.322 e. The van der Waals surface area contributed by atoms with Gasteiger partial charge in [0.05, 0.1) is 13.8 Å². The molecule has 0 fully saturated rings. The first-order valence-corrected chi connectivity index (χ1v) is 2.61. The molecule has 9 heavy (non-hydrogen) atoms. The van der Waals surface area contributed by atoms with Crippen molar-refractivity contribution in [2.45, 2.75) is 12.5 Å². The van der Waals surface area contributed by atoms with Crippen LogP contribution in [0.25, 0.3) is 0 Å². The first kappa shape index (κ1) is 8.36. The highest BCUT2D eigenvalue weighted by Gasteiger charge is 2.11. The quantitative estimate of drug-likeness (QED) is 0.547. The molecule has 4 heteroatoms. The normalized spacial score (nSPS) is 12.8. The molecule has 0 aromatic heterocycles. The maximum atomic E-state index is 11.5. The molecule has 0 aromatic rings. The minimum absolute atomic E-state index is 0.0344. The molecule has 0 spiro atoms. The molecule has 0 amide bonds. The molecule has 0 saturated carbocycles. The summed E-state index contributed by atoms with van der Waals surface area (Å²) in [6.07, 6.45) is 0.0344. The van der Waals surface area contributed by atoms with Crippen LogP contribution in [0.1, 0.15) is 6.42 Å². The summed E-state index contributed by atoms with van der Waals surface area (Å²) < 4.78 is 15.7. The molecule has 2 N–H and O–H groups in total. The van der Waals surface area contributed by atoms with Crippen molar-refractivity contribution in [1.29, 1.82) is 0 Å². The van der Waals surface area contributed by atoms with Gasteiger partial charge in [-0.25, -0.2) is 0 Å². The van der Waals surface area contributed by atoms with Crippen molar-refractivity contribution in [2.75, 3.05) is 13.8 Å². The lowest BCUT2D eigenvalue weighted by molar-refractivity contribution is -0.142. The van der Waals surface area contributed by atoms with Crippen LogP contribution in [0.5, 0.6) is 0 Å². The molecule has 0 bridgehead atoms. The lowest BCUT2D eigenvalue weighted by atomic mass is 10.2. The van der Waals surface area contributed by atoms with Crippen molar-refractivity contribution in [3.05, 3.63) is 0 Å². The van der Waals surface area contributed by atoms with E-state index in [-0.39, 0.29) is 6.42 Å². The van der Waals surface area contributed by atoms with E-state index in [2.05, 4.69) is 4.74 Å². The van der Waals surface area contributed by atoms with Gasteiger partial charge in [-0.1, -0.05) is 0 Å². The Hall–Kier alpha value is -0.640. The van der Waals surface area contributed by atoms with Crippen molar-refractivity contribution < 1.29 is 13.9 Å². The monoisotopic (exact) mass is 135 g/mol. The van der Waals surface area contributed by atoms with Crippen LogP contribution in [0.3, 0.4) is 0 Å². The van der Waals surface area contributed by atoms with Crippen molar-refractivity contribution >= 4 is 5.97 Å². The van der Waals surface area contributed by atoms with Gasteiger partial charge in [0.1, 0.15) is 6.04 Å². The molecule has 0 aromatic carbocycles. The second kappa shape index (κ2) is 4.26. The molecule has 0 aliphatic carbocycles. The van der Waals surface area contributed by atoms with E-state index >= 15 is 0 Å². The Bertz CT molecular complexity index is 97.0. The van der Waals surface area contributed by atoms with E-state index in [1.165, 1.54) is 7.11 Å². The Kier molecular flexibility index (Phi) is 3.96. The number of halogens is 1. The molecule has 0 unspecified atom stereocenters. The van der Waals surface area contributed by atoms with E-state index in [4.69, 9.17) is 5.73 Å². The zero-order valence-corrected chi connectivity index (χ0v) is 5.26. The lowest BCUT2D eigenvalue weighted by Gasteiger charge is -2.04. The molecule has 0 radical (unpaired) electrons. The van der Waals surface area contributed by atoms with Gasteiger partial charge in [0.25, 0.3) is 0 Å². The topological polar surface area (TPSA) is 52.3 Å². The van der Waals surface area contributed by atoms with E-state index in [1.807, 2.05) is 0 Å². The smallest absolute Gasteiger partial charge is 0.322 e. The number of ether oxygens (including phenoxy) is 1. The fourth-order valence-electron chi connectivity index (χ4n) is 0.387. The highest BCUT2D eigenvalue weighted by molar-refractivity contribution is 5.75. The maximum absolute atomic E-state index is 11.5. The summed E-state index contributed by atoms with van der Waals surface area (Å²) in [5.41, 5.74) is 5.12. The fraction of sp³-hybridized carbons (Fsp3) is 0.800. The summed E-state index contributed by atoms with van der Waals surface area (Å²) >= 11 is 0. The van der Waals surface area contributed by atoms with Gasteiger partial charge in [0.2, 0.25) is 0 Å². The summed E-state index contributed by atoms with van der Waals surface area (Å²) in [5, 5.41) is 0. The molecular weight excluding hydrogens is 125 g/mol. The van der Waals surface area contributed by atoms with Gasteiger partial charge in [-0.3, -0.25) is 9.18 Å². The van der Waals surface area contributed by atoms with Gasteiger partial charge in [-0.2, -0.15) is 0 Å². The summed E-state index contributed by atoms with van der Waals surface area (Å²) in [5.74, 6) is -0.562. The predicted octanol–water partition coefficient (Wildman–Crippen LogP) is -0.154. The Morgan fingerprint density at radius 3 is 2.78 bits per heavy atom. The predicted molar refractivity (Wildman–Crippen MR) is 30.6 cm³/mol. The fourth-order valence-corrected chi connectivity index (χ4v) is 0.387. The molecule has 1 atom stereocenters. The highest BCUT2D eigenvalue weighted by Crippen LogP contribution is 1.90. The second-order valence-corrected chi connectivity index (χ2v) is 1.61. The van der Waals surface area contributed by atoms with Crippen LogP contribution in [0.2, 0.25) is 0 Å². The zero-order valence-electron chi connectivity index (χ0n) is 5.26. The molecule has 3 nitrogen and oxygen atoms in total. The van der Waals surface area contributed by atoms with Crippen LogP contribution in [0, 0.1) is 0 Å². The van der Waals surface area contributed by atoms with E-state index in [1.54, 1.807) is 0 Å². The second-order valence-electron chi connectivity index (χ2n) is 1.61. The third-order valence-corrected chi connectivity index (χ3v) is 0.924. The van der Waals surface area contributed by atoms with Crippen molar-refractivity contribution in [2.24, 2.45) is 5.73 Å². The zero-order chi connectivity index (χ0) is 7.28. The minimum atomic E-state index is -0.806. The summed E-state index contributed by atoms with van der Waals surface area (Å²) in [6, 6.07) is -0.806. The number of carbonyl (C=O) groups is 1. The molecular formula is C5H10FNO2. The number of esters is 1. The molecule has 0 aliphatic rings. The van der Waals surface area contributed by atoms with E-state index in [9.17, 15) is 9.18 Å². The Labute approximate surface area is 53.0 Å². The van der Waals surface area contributed by atoms with Crippen LogP contribution in [0.4, 0.5) is 4.39 Å². The van der Waals surface area contributed by atoms with Crippen LogP contribution < -0.4 is 5.73 Å². The molecule has 0 rings (SSSR count). The van der Waals surface area contributed by atoms with Crippen LogP contribution in [-0.4, -0.2) is 25.8 Å². The Morgan fingerprint density at radius 2 is 2.44 bits per heavy atom. The van der Waals surface area contributed by atoms with Crippen molar-refractivity contribution in [1.82, 2.24) is 0 Å². The number of rotatable bonds is 3. The van der Waals surface area contributed by atoms with Crippen LogP contribution in [-0.2, 0) is 9.53 Å². The number of methoxy groups -OCH3 is 1. The first-order valence-electron chi connectivity index (χ1n) is 2.61. The summed E-state index contributed by atoms with van der Waals surface area (Å²) in [4.78, 5) is 10.4. The van der Waals surface area contributed by atoms with Crippen molar-refractivity contribution in [3.63, 3.8) is 0 Å². The summed E-state index contributed by atoms with van der Waals surface area (Å²) in [7, 11) is 1.22. The Morgan fingerprint density at radius 1 is 1.89 bits per heavy atom. The SMILES string of the molecule is COC(=O)[C@@H](N)CCF. The number of alkyl halides is 1. The van der Waals surface area contributed by atoms with Crippen molar-refractivity contribution in [3.8, 4) is 0 Å². The van der Waals surface area contributed by atoms with E-state index in [0.717, 1.165) is 0 Å². The average Bonchev–Trinajstić information content (AvgIpc) is 1.87.